The molecule has 0 radical (unpaired) electrons. The van der Waals surface area contributed by atoms with Gasteiger partial charge in [0.2, 0.25) is 5.91 Å². The number of hydrogen-bond donors (Lipinski definition) is 1. The third-order valence-electron chi connectivity index (χ3n) is 3.64. The van der Waals surface area contributed by atoms with E-state index in [1.807, 2.05) is 0 Å². The van der Waals surface area contributed by atoms with Gasteiger partial charge in [-0.2, -0.15) is 0 Å². The molecule has 1 aliphatic heterocycles. The number of guanidine groups is 1. The van der Waals surface area contributed by atoms with Crippen molar-refractivity contribution >= 4 is 18.0 Å². The van der Waals surface area contributed by atoms with Crippen LogP contribution in [-0.2, 0) is 9.53 Å². The molecule has 8 heteroatoms. The summed E-state index contributed by atoms with van der Waals surface area (Å²) >= 11 is 0. The maximum Gasteiger partial charge on any atom is 0.409 e. The number of rotatable bonds is 5. The number of ether oxygens (including phenoxy) is 1. The lowest BCUT2D eigenvalue weighted by atomic mass is 10.2. The maximum atomic E-state index is 11.8. The zero-order chi connectivity index (χ0) is 18.1. The molecule has 1 saturated heterocycles. The van der Waals surface area contributed by atoms with Gasteiger partial charge in [-0.1, -0.05) is 13.8 Å². The Bertz CT molecular complexity index is 443. The highest BCUT2D eigenvalue weighted by molar-refractivity contribution is 5.85. The molecule has 0 unspecified atom stereocenters. The molecule has 1 aliphatic rings. The van der Waals surface area contributed by atoms with E-state index in [0.29, 0.717) is 38.7 Å². The first-order valence-corrected chi connectivity index (χ1v) is 8.50. The lowest BCUT2D eigenvalue weighted by molar-refractivity contribution is -0.127. The largest absolute Gasteiger partial charge is 0.450 e. The number of nitrogens with zero attached hydrogens (tertiary/aromatic N) is 4. The molecule has 0 aliphatic carbocycles. The van der Waals surface area contributed by atoms with Crippen molar-refractivity contribution in [3.05, 3.63) is 0 Å². The fraction of sp³-hybridized carbons (Fsp3) is 0.812. The van der Waals surface area contributed by atoms with Crippen LogP contribution in [0.2, 0.25) is 0 Å². The van der Waals surface area contributed by atoms with Crippen molar-refractivity contribution in [3.8, 4) is 0 Å². The van der Waals surface area contributed by atoms with Gasteiger partial charge in [0.05, 0.1) is 6.61 Å². The Labute approximate surface area is 144 Å². The number of aliphatic imine (C=N–C) groups is 1. The van der Waals surface area contributed by atoms with Crippen LogP contribution in [0.15, 0.2) is 4.99 Å². The van der Waals surface area contributed by atoms with Crippen molar-refractivity contribution in [1.82, 2.24) is 20.0 Å². The monoisotopic (exact) mass is 341 g/mol. The van der Waals surface area contributed by atoms with Gasteiger partial charge in [0.1, 0.15) is 6.54 Å². The molecule has 0 spiro atoms. The van der Waals surface area contributed by atoms with E-state index in [1.165, 1.54) is 4.90 Å². The quantitative estimate of drug-likeness (QED) is 0.580. The van der Waals surface area contributed by atoms with Crippen molar-refractivity contribution in [1.29, 1.82) is 0 Å². The third kappa shape index (κ3) is 6.64. The molecular formula is C16H31N5O3. The van der Waals surface area contributed by atoms with E-state index in [-0.39, 0.29) is 18.5 Å². The molecule has 1 N–H and O–H groups in total. The van der Waals surface area contributed by atoms with Crippen LogP contribution in [0.5, 0.6) is 0 Å². The first-order chi connectivity index (χ1) is 11.3. The highest BCUT2D eigenvalue weighted by Crippen LogP contribution is 2.05. The summed E-state index contributed by atoms with van der Waals surface area (Å²) in [4.78, 5) is 33.3. The third-order valence-corrected chi connectivity index (χ3v) is 3.64. The van der Waals surface area contributed by atoms with Crippen LogP contribution in [-0.4, -0.2) is 92.6 Å². The molecule has 2 amide bonds. The molecule has 24 heavy (non-hydrogen) atoms. The highest BCUT2D eigenvalue weighted by Gasteiger charge is 2.24. The van der Waals surface area contributed by atoms with Gasteiger partial charge in [0, 0.05) is 46.8 Å². The molecule has 138 valence electrons. The average molecular weight is 341 g/mol. The van der Waals surface area contributed by atoms with Crippen LogP contribution in [0.3, 0.4) is 0 Å². The number of carbonyl (C=O) groups excluding carboxylic acids is 2. The molecular weight excluding hydrogens is 310 g/mol. The topological polar surface area (TPSA) is 77.5 Å². The van der Waals surface area contributed by atoms with Gasteiger partial charge in [-0.3, -0.25) is 4.79 Å². The van der Waals surface area contributed by atoms with E-state index in [2.05, 4.69) is 29.1 Å². The fourth-order valence-corrected chi connectivity index (χ4v) is 2.16. The fourth-order valence-electron chi connectivity index (χ4n) is 2.16. The van der Waals surface area contributed by atoms with Crippen molar-refractivity contribution in [2.45, 2.75) is 20.8 Å². The second-order valence-corrected chi connectivity index (χ2v) is 6.38. The lowest BCUT2D eigenvalue weighted by Gasteiger charge is -2.36. The predicted molar refractivity (Wildman–Crippen MR) is 94.0 cm³/mol. The number of amides is 2. The second-order valence-electron chi connectivity index (χ2n) is 6.38. The minimum Gasteiger partial charge on any atom is -0.450 e. The van der Waals surface area contributed by atoms with Gasteiger partial charge in [0.25, 0.3) is 0 Å². The molecule has 0 aromatic carbocycles. The number of carbonyl (C=O) groups is 2. The zero-order valence-electron chi connectivity index (χ0n) is 15.5. The minimum atomic E-state index is -0.270. The van der Waals surface area contributed by atoms with Crippen LogP contribution in [0, 0.1) is 5.92 Å². The second kappa shape index (κ2) is 10.00. The Kier molecular flexibility index (Phi) is 8.35. The number of nitrogens with one attached hydrogen (secondary N) is 1. The standard InChI is InChI=1S/C16H31N5O3/c1-6-24-16(23)21-9-7-20(8-10-21)15(17-11-13(2)3)18-12-14(22)19(4)5/h13H,6-12H2,1-5H3,(H,17,18). The molecule has 0 aromatic rings. The van der Waals surface area contributed by atoms with E-state index in [9.17, 15) is 9.59 Å². The van der Waals surface area contributed by atoms with Crippen LogP contribution < -0.4 is 5.32 Å². The molecule has 1 heterocycles. The molecule has 0 bridgehead atoms. The minimum absolute atomic E-state index is 0.0380. The van der Waals surface area contributed by atoms with E-state index >= 15 is 0 Å². The van der Waals surface area contributed by atoms with Gasteiger partial charge in [0.15, 0.2) is 5.96 Å². The van der Waals surface area contributed by atoms with E-state index in [4.69, 9.17) is 4.74 Å². The number of piperazine rings is 1. The van der Waals surface area contributed by atoms with Crippen molar-refractivity contribution in [2.75, 3.05) is 60.0 Å². The summed E-state index contributed by atoms with van der Waals surface area (Å²) in [6, 6.07) is 0. The predicted octanol–water partition coefficient (Wildman–Crippen LogP) is 0.450. The molecule has 8 nitrogen and oxygen atoms in total. The van der Waals surface area contributed by atoms with Crippen molar-refractivity contribution < 1.29 is 14.3 Å². The van der Waals surface area contributed by atoms with E-state index in [1.54, 1.807) is 25.9 Å². The Morgan fingerprint density at radius 1 is 1.17 bits per heavy atom. The van der Waals surface area contributed by atoms with Gasteiger partial charge >= 0.3 is 6.09 Å². The average Bonchev–Trinajstić information content (AvgIpc) is 2.54. The van der Waals surface area contributed by atoms with Crippen LogP contribution >= 0.6 is 0 Å². The molecule has 0 aromatic heterocycles. The molecule has 0 atom stereocenters. The molecule has 1 fully saturated rings. The Hall–Kier alpha value is -1.99. The van der Waals surface area contributed by atoms with E-state index < -0.39 is 0 Å². The number of hydrogen-bond acceptors (Lipinski definition) is 4. The SMILES string of the molecule is CCOC(=O)N1CCN(C(=NCC(=O)N(C)C)NCC(C)C)CC1. The van der Waals surface area contributed by atoms with Crippen molar-refractivity contribution in [2.24, 2.45) is 10.9 Å². The zero-order valence-corrected chi connectivity index (χ0v) is 15.5. The smallest absolute Gasteiger partial charge is 0.409 e. The summed E-state index contributed by atoms with van der Waals surface area (Å²) in [6.45, 7) is 9.83. The summed E-state index contributed by atoms with van der Waals surface area (Å²) < 4.78 is 5.03. The van der Waals surface area contributed by atoms with Crippen LogP contribution in [0.1, 0.15) is 20.8 Å². The van der Waals surface area contributed by atoms with E-state index in [0.717, 1.165) is 12.5 Å². The van der Waals surface area contributed by atoms with Crippen LogP contribution in [0.25, 0.3) is 0 Å². The highest BCUT2D eigenvalue weighted by atomic mass is 16.6. The molecule has 1 rings (SSSR count). The maximum absolute atomic E-state index is 11.8. The van der Waals surface area contributed by atoms with Gasteiger partial charge < -0.3 is 24.8 Å². The Morgan fingerprint density at radius 2 is 1.75 bits per heavy atom. The summed E-state index contributed by atoms with van der Waals surface area (Å²) in [5.41, 5.74) is 0. The first-order valence-electron chi connectivity index (χ1n) is 8.50. The van der Waals surface area contributed by atoms with Gasteiger partial charge in [-0.25, -0.2) is 9.79 Å². The summed E-state index contributed by atoms with van der Waals surface area (Å²) in [6.07, 6.45) is -0.270. The Morgan fingerprint density at radius 3 is 2.25 bits per heavy atom. The van der Waals surface area contributed by atoms with Gasteiger partial charge in [-0.05, 0) is 12.8 Å². The normalized spacial score (nSPS) is 15.5. The Balaban J connectivity index is 2.65. The van der Waals surface area contributed by atoms with Crippen LogP contribution in [0.4, 0.5) is 4.79 Å². The first kappa shape index (κ1) is 20.1. The van der Waals surface area contributed by atoms with Crippen molar-refractivity contribution in [3.63, 3.8) is 0 Å². The molecule has 0 saturated carbocycles. The summed E-state index contributed by atoms with van der Waals surface area (Å²) in [5.74, 6) is 1.16. The number of likely N-dealkylation sites (N-methyl/N-ethyl adjacent to an activating group) is 1. The lowest BCUT2D eigenvalue weighted by Crippen LogP contribution is -2.54. The summed E-state index contributed by atoms with van der Waals surface area (Å²) in [5, 5.41) is 3.32. The summed E-state index contributed by atoms with van der Waals surface area (Å²) in [7, 11) is 3.44. The van der Waals surface area contributed by atoms with Gasteiger partial charge in [-0.15, -0.1) is 0 Å².